The number of nitrogens with zero attached hydrogens (tertiary/aromatic N) is 1. The second-order valence-electron chi connectivity index (χ2n) is 8.17. The Balaban J connectivity index is 1.80. The molecule has 0 bridgehead atoms. The van der Waals surface area contributed by atoms with Crippen molar-refractivity contribution >= 4 is 36.7 Å². The summed E-state index contributed by atoms with van der Waals surface area (Å²) in [5.74, 6) is 0. The summed E-state index contributed by atoms with van der Waals surface area (Å²) in [6.45, 7) is 3.72. The van der Waals surface area contributed by atoms with Crippen LogP contribution >= 0.6 is 20.8 Å². The van der Waals surface area contributed by atoms with E-state index >= 15 is 0 Å². The summed E-state index contributed by atoms with van der Waals surface area (Å²) >= 11 is 4.55. The Kier molecular flexibility index (Phi) is 6.54. The van der Waals surface area contributed by atoms with E-state index in [4.69, 9.17) is 0 Å². The summed E-state index contributed by atoms with van der Waals surface area (Å²) in [5.41, 5.74) is 0. The first-order valence-electron chi connectivity index (χ1n) is 10.8. The van der Waals surface area contributed by atoms with Crippen LogP contribution in [0, 0.1) is 0 Å². The molecule has 0 spiro atoms. The van der Waals surface area contributed by atoms with Gasteiger partial charge in [-0.3, -0.25) is 0 Å². The molecular formula is C26H31BrNP. The molecule has 0 aromatic heterocycles. The summed E-state index contributed by atoms with van der Waals surface area (Å²) in [4.78, 5) is 2.67. The van der Waals surface area contributed by atoms with E-state index in [0.29, 0.717) is 0 Å². The molecule has 4 rings (SSSR count). The SMILES string of the molecule is BrP(CCCN1CCCCC1)(c1ccccc1)(c1ccccc1)c1ccccc1. The van der Waals surface area contributed by atoms with Gasteiger partial charge >= 0.3 is 184 Å². The van der Waals surface area contributed by atoms with E-state index in [1.165, 1.54) is 61.2 Å². The van der Waals surface area contributed by atoms with Crippen LogP contribution < -0.4 is 15.9 Å². The van der Waals surface area contributed by atoms with Crippen molar-refractivity contribution in [3.63, 3.8) is 0 Å². The van der Waals surface area contributed by atoms with Crippen molar-refractivity contribution in [2.75, 3.05) is 25.8 Å². The van der Waals surface area contributed by atoms with Crippen LogP contribution in [0.4, 0.5) is 0 Å². The molecule has 29 heavy (non-hydrogen) atoms. The minimum atomic E-state index is -2.74. The Labute approximate surface area is 183 Å². The van der Waals surface area contributed by atoms with Crippen molar-refractivity contribution in [3.8, 4) is 0 Å². The number of benzene rings is 3. The quantitative estimate of drug-likeness (QED) is 0.402. The van der Waals surface area contributed by atoms with Gasteiger partial charge in [-0.25, -0.2) is 0 Å². The average Bonchev–Trinajstić information content (AvgIpc) is 2.81. The van der Waals surface area contributed by atoms with Gasteiger partial charge in [-0.05, 0) is 0 Å². The van der Waals surface area contributed by atoms with Gasteiger partial charge < -0.3 is 0 Å². The van der Waals surface area contributed by atoms with Crippen LogP contribution in [0.15, 0.2) is 91.0 Å². The number of hydrogen-bond donors (Lipinski definition) is 0. The Bertz CT molecular complexity index is 792. The molecule has 3 aromatic rings. The number of halogens is 1. The molecular weight excluding hydrogens is 437 g/mol. The molecule has 1 saturated heterocycles. The third-order valence-corrected chi connectivity index (χ3v) is 16.4. The van der Waals surface area contributed by atoms with E-state index in [2.05, 4.69) is 111 Å². The summed E-state index contributed by atoms with van der Waals surface area (Å²) in [6, 6.07) is 33.5. The maximum atomic E-state index is 4.55. The van der Waals surface area contributed by atoms with Gasteiger partial charge in [0.2, 0.25) is 0 Å². The van der Waals surface area contributed by atoms with Gasteiger partial charge in [0.25, 0.3) is 0 Å². The molecule has 1 aliphatic rings. The molecule has 1 nitrogen and oxygen atoms in total. The first kappa shape index (κ1) is 20.8. The number of likely N-dealkylation sites (tertiary alicyclic amines) is 1. The van der Waals surface area contributed by atoms with Gasteiger partial charge in [0.15, 0.2) is 0 Å². The number of hydrogen-bond acceptors (Lipinski definition) is 1. The Hall–Kier alpha value is -1.47. The Morgan fingerprint density at radius 3 is 1.45 bits per heavy atom. The molecule has 3 aromatic carbocycles. The predicted octanol–water partition coefficient (Wildman–Crippen LogP) is 5.70. The van der Waals surface area contributed by atoms with Crippen molar-refractivity contribution in [1.82, 2.24) is 4.90 Å². The maximum absolute atomic E-state index is 4.55. The molecule has 152 valence electrons. The number of rotatable bonds is 7. The van der Waals surface area contributed by atoms with Gasteiger partial charge in [0.1, 0.15) is 0 Å². The predicted molar refractivity (Wildman–Crippen MR) is 134 cm³/mol. The summed E-state index contributed by atoms with van der Waals surface area (Å²) < 4.78 is 0. The van der Waals surface area contributed by atoms with Gasteiger partial charge in [0, 0.05) is 0 Å². The van der Waals surface area contributed by atoms with Gasteiger partial charge in [-0.1, -0.05) is 0 Å². The molecule has 0 saturated carbocycles. The average molecular weight is 468 g/mol. The Morgan fingerprint density at radius 2 is 1.03 bits per heavy atom. The first-order chi connectivity index (χ1) is 14.2. The summed E-state index contributed by atoms with van der Waals surface area (Å²) in [6.07, 6.45) is 6.44. The standard InChI is InChI=1S/C26H31BrNP/c27-29(24-14-5-1-6-15-24,25-16-7-2-8-17-25,26-18-9-3-10-19-26)23-13-22-28-20-11-4-12-21-28/h1-3,5-10,14-19H,4,11-13,20-23H2. The molecule has 0 N–H and O–H groups in total. The van der Waals surface area contributed by atoms with Crippen LogP contribution in [0.3, 0.4) is 0 Å². The topological polar surface area (TPSA) is 3.24 Å². The van der Waals surface area contributed by atoms with Crippen LogP contribution in [0.5, 0.6) is 0 Å². The van der Waals surface area contributed by atoms with Crippen molar-refractivity contribution in [3.05, 3.63) is 91.0 Å². The molecule has 1 fully saturated rings. The van der Waals surface area contributed by atoms with Crippen LogP contribution in [0.2, 0.25) is 0 Å². The molecule has 1 heterocycles. The fourth-order valence-corrected chi connectivity index (χ4v) is 12.5. The molecule has 0 atom stereocenters. The zero-order valence-corrected chi connectivity index (χ0v) is 19.6. The molecule has 0 unspecified atom stereocenters. The van der Waals surface area contributed by atoms with Crippen molar-refractivity contribution in [2.24, 2.45) is 0 Å². The molecule has 1 aliphatic heterocycles. The summed E-state index contributed by atoms with van der Waals surface area (Å²) in [5, 5.41) is 1.54. The second kappa shape index (κ2) is 9.13. The fraction of sp³-hybridized carbons (Fsp3) is 0.308. The van der Waals surface area contributed by atoms with Gasteiger partial charge in [-0.15, -0.1) is 0 Å². The molecule has 0 amide bonds. The van der Waals surface area contributed by atoms with Crippen LogP contribution in [0.1, 0.15) is 25.7 Å². The molecule has 0 aliphatic carbocycles. The zero-order valence-electron chi connectivity index (χ0n) is 17.1. The van der Waals surface area contributed by atoms with E-state index < -0.39 is 5.31 Å². The zero-order chi connectivity index (χ0) is 20.0. The van der Waals surface area contributed by atoms with E-state index in [1.807, 2.05) is 0 Å². The van der Waals surface area contributed by atoms with Gasteiger partial charge in [-0.2, -0.15) is 0 Å². The van der Waals surface area contributed by atoms with Crippen molar-refractivity contribution in [1.29, 1.82) is 0 Å². The Morgan fingerprint density at radius 1 is 0.621 bits per heavy atom. The van der Waals surface area contributed by atoms with Crippen molar-refractivity contribution < 1.29 is 0 Å². The van der Waals surface area contributed by atoms with Gasteiger partial charge in [0.05, 0.1) is 0 Å². The van der Waals surface area contributed by atoms with E-state index in [9.17, 15) is 0 Å². The monoisotopic (exact) mass is 467 g/mol. The normalized spacial score (nSPS) is 16.8. The summed E-state index contributed by atoms with van der Waals surface area (Å²) in [7, 11) is 0. The van der Waals surface area contributed by atoms with E-state index in [0.717, 1.165) is 6.16 Å². The minimum absolute atomic E-state index is 1.14. The molecule has 3 heteroatoms. The van der Waals surface area contributed by atoms with E-state index in [1.54, 1.807) is 0 Å². The van der Waals surface area contributed by atoms with Crippen molar-refractivity contribution in [2.45, 2.75) is 25.7 Å². The van der Waals surface area contributed by atoms with E-state index in [-0.39, 0.29) is 0 Å². The third-order valence-electron chi connectivity index (χ3n) is 6.38. The van der Waals surface area contributed by atoms with Crippen LogP contribution in [-0.4, -0.2) is 30.7 Å². The van der Waals surface area contributed by atoms with Crippen LogP contribution in [-0.2, 0) is 0 Å². The third kappa shape index (κ3) is 4.08. The number of piperidine rings is 1. The molecule has 0 radical (unpaired) electrons. The second-order valence-corrected chi connectivity index (χ2v) is 17.2. The van der Waals surface area contributed by atoms with Crippen LogP contribution in [0.25, 0.3) is 0 Å². The fourth-order valence-electron chi connectivity index (χ4n) is 4.83. The first-order valence-corrected chi connectivity index (χ1v) is 15.3.